The van der Waals surface area contributed by atoms with E-state index in [1.807, 2.05) is 47.6 Å². The fraction of sp³-hybridized carbons (Fsp3) is 0.316. The van der Waals surface area contributed by atoms with Gasteiger partial charge in [0.1, 0.15) is 0 Å². The minimum absolute atomic E-state index is 0. The Morgan fingerprint density at radius 1 is 1.18 bits per heavy atom. The molecule has 4 rings (SSSR count). The standard InChI is InChI=1S/C19H23N7S.HI/c1-15-6-8-26(23-15)17-5-3-2-4-16(17)14-22-18(20)24-9-11-25(12-10-24)19-21-7-13-27-19;/h2-8,13H,9-12,14H2,1H3,(H2,20,22);1H. The van der Waals surface area contributed by atoms with Crippen molar-refractivity contribution in [3.05, 3.63) is 59.4 Å². The van der Waals surface area contributed by atoms with E-state index in [4.69, 9.17) is 5.73 Å². The van der Waals surface area contributed by atoms with Gasteiger partial charge in [0.25, 0.3) is 0 Å². The Labute approximate surface area is 185 Å². The molecule has 1 aromatic carbocycles. The number of rotatable bonds is 4. The Hall–Kier alpha value is -2.14. The summed E-state index contributed by atoms with van der Waals surface area (Å²) in [5, 5.41) is 7.59. The lowest BCUT2D eigenvalue weighted by atomic mass is 10.2. The molecule has 148 valence electrons. The highest BCUT2D eigenvalue weighted by Crippen LogP contribution is 2.19. The normalized spacial score (nSPS) is 14.8. The Morgan fingerprint density at radius 3 is 2.64 bits per heavy atom. The summed E-state index contributed by atoms with van der Waals surface area (Å²) in [6.07, 6.45) is 3.82. The van der Waals surface area contributed by atoms with Gasteiger partial charge in [0.2, 0.25) is 0 Å². The highest BCUT2D eigenvalue weighted by atomic mass is 127. The van der Waals surface area contributed by atoms with E-state index in [0.29, 0.717) is 12.5 Å². The van der Waals surface area contributed by atoms with E-state index in [9.17, 15) is 0 Å². The average molecular weight is 509 g/mol. The largest absolute Gasteiger partial charge is 0.370 e. The molecule has 0 atom stereocenters. The molecule has 3 aromatic rings. The van der Waals surface area contributed by atoms with Crippen LogP contribution in [0, 0.1) is 6.92 Å². The zero-order valence-electron chi connectivity index (χ0n) is 15.7. The fourth-order valence-electron chi connectivity index (χ4n) is 3.18. The van der Waals surface area contributed by atoms with Crippen molar-refractivity contribution in [2.75, 3.05) is 31.1 Å². The van der Waals surface area contributed by atoms with Gasteiger partial charge in [0.15, 0.2) is 11.1 Å². The first-order chi connectivity index (χ1) is 13.2. The summed E-state index contributed by atoms with van der Waals surface area (Å²) in [6, 6.07) is 10.2. The van der Waals surface area contributed by atoms with Crippen LogP contribution < -0.4 is 10.6 Å². The number of benzene rings is 1. The van der Waals surface area contributed by atoms with Gasteiger partial charge < -0.3 is 15.5 Å². The maximum absolute atomic E-state index is 6.28. The molecule has 1 aliphatic heterocycles. The van der Waals surface area contributed by atoms with Crippen molar-refractivity contribution in [3.8, 4) is 5.69 Å². The number of aromatic nitrogens is 3. The van der Waals surface area contributed by atoms with Gasteiger partial charge in [-0.1, -0.05) is 18.2 Å². The first-order valence-corrected chi connectivity index (χ1v) is 9.88. The lowest BCUT2D eigenvalue weighted by Crippen LogP contribution is -2.51. The van der Waals surface area contributed by atoms with Crippen molar-refractivity contribution >= 4 is 46.4 Å². The number of guanidine groups is 1. The van der Waals surface area contributed by atoms with Crippen LogP contribution in [0.5, 0.6) is 0 Å². The second kappa shape index (κ2) is 9.37. The zero-order valence-corrected chi connectivity index (χ0v) is 18.9. The summed E-state index contributed by atoms with van der Waals surface area (Å²) in [5.41, 5.74) is 9.41. The molecule has 28 heavy (non-hydrogen) atoms. The molecule has 2 aromatic heterocycles. The van der Waals surface area contributed by atoms with Gasteiger partial charge in [-0.3, -0.25) is 0 Å². The summed E-state index contributed by atoms with van der Waals surface area (Å²) < 4.78 is 1.89. The summed E-state index contributed by atoms with van der Waals surface area (Å²) >= 11 is 1.67. The number of nitrogens with two attached hydrogens (primary N) is 1. The molecule has 0 saturated carbocycles. The van der Waals surface area contributed by atoms with Crippen LogP contribution in [0.1, 0.15) is 11.3 Å². The number of hydrogen-bond acceptors (Lipinski definition) is 5. The number of aryl methyl sites for hydroxylation is 1. The lowest BCUT2D eigenvalue weighted by molar-refractivity contribution is 0.380. The molecule has 0 amide bonds. The van der Waals surface area contributed by atoms with E-state index in [1.165, 1.54) is 0 Å². The van der Waals surface area contributed by atoms with Gasteiger partial charge >= 0.3 is 0 Å². The quantitative estimate of drug-likeness (QED) is 0.333. The van der Waals surface area contributed by atoms with Gasteiger partial charge in [-0.05, 0) is 24.6 Å². The van der Waals surface area contributed by atoms with Crippen molar-refractivity contribution in [1.82, 2.24) is 19.7 Å². The minimum Gasteiger partial charge on any atom is -0.370 e. The summed E-state index contributed by atoms with van der Waals surface area (Å²) in [6.45, 7) is 6.05. The number of halogens is 1. The van der Waals surface area contributed by atoms with Gasteiger partial charge in [0.05, 0.1) is 17.9 Å². The molecule has 1 aliphatic rings. The topological polar surface area (TPSA) is 75.6 Å². The number of nitrogens with zero attached hydrogens (tertiary/aromatic N) is 6. The first kappa shape index (κ1) is 20.6. The van der Waals surface area contributed by atoms with E-state index in [2.05, 4.69) is 37.0 Å². The predicted molar refractivity (Wildman–Crippen MR) is 125 cm³/mol. The van der Waals surface area contributed by atoms with Crippen molar-refractivity contribution < 1.29 is 0 Å². The van der Waals surface area contributed by atoms with Gasteiger partial charge in [-0.25, -0.2) is 14.7 Å². The zero-order chi connectivity index (χ0) is 18.6. The van der Waals surface area contributed by atoms with E-state index < -0.39 is 0 Å². The first-order valence-electron chi connectivity index (χ1n) is 9.00. The van der Waals surface area contributed by atoms with E-state index >= 15 is 0 Å². The summed E-state index contributed by atoms with van der Waals surface area (Å²) in [4.78, 5) is 13.5. The highest BCUT2D eigenvalue weighted by molar-refractivity contribution is 14.0. The highest BCUT2D eigenvalue weighted by Gasteiger charge is 2.19. The molecular weight excluding hydrogens is 485 g/mol. The average Bonchev–Trinajstić information content (AvgIpc) is 3.38. The van der Waals surface area contributed by atoms with Crippen LogP contribution in [0.25, 0.3) is 5.69 Å². The molecule has 0 aliphatic carbocycles. The van der Waals surface area contributed by atoms with Gasteiger partial charge in [0, 0.05) is 44.0 Å². The van der Waals surface area contributed by atoms with E-state index in [0.717, 1.165) is 48.3 Å². The molecule has 0 unspecified atom stereocenters. The van der Waals surface area contributed by atoms with Crippen LogP contribution in [-0.4, -0.2) is 51.8 Å². The number of aliphatic imine (C=N–C) groups is 1. The minimum atomic E-state index is 0. The Kier molecular flexibility index (Phi) is 6.89. The SMILES string of the molecule is Cc1ccn(-c2ccccc2CN=C(N)N2CCN(c3nccs3)CC2)n1.I. The van der Waals surface area contributed by atoms with Crippen LogP contribution in [-0.2, 0) is 6.54 Å². The third-order valence-electron chi connectivity index (χ3n) is 4.67. The molecule has 2 N–H and O–H groups in total. The van der Waals surface area contributed by atoms with Crippen LogP contribution in [0.4, 0.5) is 5.13 Å². The molecule has 7 nitrogen and oxygen atoms in total. The van der Waals surface area contributed by atoms with Crippen molar-refractivity contribution in [3.63, 3.8) is 0 Å². The number of thiazole rings is 1. The maximum Gasteiger partial charge on any atom is 0.191 e. The smallest absolute Gasteiger partial charge is 0.191 e. The van der Waals surface area contributed by atoms with Crippen LogP contribution in [0.3, 0.4) is 0 Å². The van der Waals surface area contributed by atoms with E-state index in [-0.39, 0.29) is 24.0 Å². The molecule has 0 spiro atoms. The number of piperazine rings is 1. The third-order valence-corrected chi connectivity index (χ3v) is 5.50. The van der Waals surface area contributed by atoms with E-state index in [1.54, 1.807) is 11.3 Å². The molecule has 9 heteroatoms. The Bertz CT molecular complexity index is 914. The second-order valence-electron chi connectivity index (χ2n) is 6.49. The second-order valence-corrected chi connectivity index (χ2v) is 7.37. The predicted octanol–water partition coefficient (Wildman–Crippen LogP) is 2.89. The number of para-hydroxylation sites is 1. The molecule has 3 heterocycles. The van der Waals surface area contributed by atoms with Crippen LogP contribution in [0.15, 0.2) is 53.1 Å². The maximum atomic E-state index is 6.28. The molecule has 1 fully saturated rings. The molecule has 0 bridgehead atoms. The van der Waals surface area contributed by atoms with Crippen LogP contribution >= 0.6 is 35.3 Å². The Balaban J connectivity index is 0.00000225. The molecule has 0 radical (unpaired) electrons. The lowest BCUT2D eigenvalue weighted by Gasteiger charge is -2.35. The Morgan fingerprint density at radius 2 is 1.96 bits per heavy atom. The molecule has 1 saturated heterocycles. The number of anilines is 1. The third kappa shape index (κ3) is 4.64. The molecular formula is C19H24IN7S. The monoisotopic (exact) mass is 509 g/mol. The van der Waals surface area contributed by atoms with Crippen molar-refractivity contribution in [1.29, 1.82) is 0 Å². The van der Waals surface area contributed by atoms with Gasteiger partial charge in [-0.2, -0.15) is 5.10 Å². The number of hydrogen-bond donors (Lipinski definition) is 1. The summed E-state index contributed by atoms with van der Waals surface area (Å²) in [7, 11) is 0. The van der Waals surface area contributed by atoms with Crippen molar-refractivity contribution in [2.24, 2.45) is 10.7 Å². The van der Waals surface area contributed by atoms with Crippen LogP contribution in [0.2, 0.25) is 0 Å². The summed E-state index contributed by atoms with van der Waals surface area (Å²) in [5.74, 6) is 0.597. The van der Waals surface area contributed by atoms with Crippen molar-refractivity contribution in [2.45, 2.75) is 13.5 Å². The fourth-order valence-corrected chi connectivity index (χ4v) is 3.88. The van der Waals surface area contributed by atoms with Gasteiger partial charge in [-0.15, -0.1) is 35.3 Å².